The first-order valence-corrected chi connectivity index (χ1v) is 13.8. The first kappa shape index (κ1) is 23.2. The number of aromatic nitrogens is 1. The molecule has 1 aromatic carbocycles. The van der Waals surface area contributed by atoms with Crippen LogP contribution < -0.4 is 4.90 Å². The van der Waals surface area contributed by atoms with Crippen molar-refractivity contribution in [3.8, 4) is 0 Å². The second-order valence-corrected chi connectivity index (χ2v) is 11.4. The zero-order valence-corrected chi connectivity index (χ0v) is 20.3. The number of carbonyl (C=O) groups is 1. The molecule has 0 spiro atoms. The van der Waals surface area contributed by atoms with Gasteiger partial charge in [0.25, 0.3) is 0 Å². The Labute approximate surface area is 195 Å². The van der Waals surface area contributed by atoms with Gasteiger partial charge in [-0.05, 0) is 50.3 Å². The molecule has 0 atom stereocenters. The molecule has 32 heavy (non-hydrogen) atoms. The van der Waals surface area contributed by atoms with Gasteiger partial charge in [0.15, 0.2) is 5.13 Å². The second-order valence-electron chi connectivity index (χ2n) is 8.60. The SMILES string of the molecule is Cc1csc(N2CCCN(C(=O)CCc3ccc(S(=O)(=O)N4CCCCC4)cc3)CC2)n1. The average molecular weight is 477 g/mol. The minimum atomic E-state index is -3.41. The molecule has 2 aliphatic rings. The number of thiazole rings is 1. The summed E-state index contributed by atoms with van der Waals surface area (Å²) in [6.45, 7) is 6.42. The molecule has 1 aromatic heterocycles. The molecule has 2 fully saturated rings. The first-order valence-electron chi connectivity index (χ1n) is 11.5. The van der Waals surface area contributed by atoms with Crippen LogP contribution in [0.25, 0.3) is 0 Å². The van der Waals surface area contributed by atoms with E-state index in [1.807, 2.05) is 24.0 Å². The van der Waals surface area contributed by atoms with Crippen molar-refractivity contribution in [3.63, 3.8) is 0 Å². The van der Waals surface area contributed by atoms with Gasteiger partial charge in [-0.1, -0.05) is 18.6 Å². The molecular weight excluding hydrogens is 444 g/mol. The highest BCUT2D eigenvalue weighted by Crippen LogP contribution is 2.23. The Bertz CT molecular complexity index is 1010. The third-order valence-corrected chi connectivity index (χ3v) is 9.16. The Morgan fingerprint density at radius 1 is 0.969 bits per heavy atom. The number of nitrogens with zero attached hydrogens (tertiary/aromatic N) is 4. The number of anilines is 1. The van der Waals surface area contributed by atoms with Gasteiger partial charge in [-0.15, -0.1) is 11.3 Å². The van der Waals surface area contributed by atoms with Crippen molar-refractivity contribution in [2.75, 3.05) is 44.2 Å². The van der Waals surface area contributed by atoms with Gasteiger partial charge in [0.1, 0.15) is 0 Å². The minimum absolute atomic E-state index is 0.159. The molecule has 0 aliphatic carbocycles. The van der Waals surface area contributed by atoms with Crippen LogP contribution in [-0.2, 0) is 21.2 Å². The van der Waals surface area contributed by atoms with Crippen molar-refractivity contribution in [2.45, 2.75) is 50.3 Å². The van der Waals surface area contributed by atoms with Gasteiger partial charge in [0.05, 0.1) is 10.6 Å². The monoisotopic (exact) mass is 476 g/mol. The number of sulfonamides is 1. The Hall–Kier alpha value is -1.97. The van der Waals surface area contributed by atoms with Crippen LogP contribution in [-0.4, -0.2) is 67.8 Å². The maximum absolute atomic E-state index is 12.8. The number of rotatable bonds is 6. The maximum Gasteiger partial charge on any atom is 0.243 e. The highest BCUT2D eigenvalue weighted by molar-refractivity contribution is 7.89. The molecule has 7 nitrogen and oxygen atoms in total. The molecule has 9 heteroatoms. The maximum atomic E-state index is 12.8. The zero-order chi connectivity index (χ0) is 22.6. The summed E-state index contributed by atoms with van der Waals surface area (Å²) in [4.78, 5) is 21.9. The number of amides is 1. The third-order valence-electron chi connectivity index (χ3n) is 6.23. The zero-order valence-electron chi connectivity index (χ0n) is 18.7. The molecular formula is C23H32N4O3S2. The van der Waals surface area contributed by atoms with Gasteiger partial charge in [-0.2, -0.15) is 4.31 Å². The molecule has 0 unspecified atom stereocenters. The van der Waals surface area contributed by atoms with Crippen LogP contribution in [0.4, 0.5) is 5.13 Å². The van der Waals surface area contributed by atoms with Crippen LogP contribution in [0.3, 0.4) is 0 Å². The van der Waals surface area contributed by atoms with Crippen LogP contribution in [0.2, 0.25) is 0 Å². The fraction of sp³-hybridized carbons (Fsp3) is 0.565. The first-order chi connectivity index (χ1) is 15.4. The summed E-state index contributed by atoms with van der Waals surface area (Å²) >= 11 is 1.66. The van der Waals surface area contributed by atoms with E-state index in [-0.39, 0.29) is 5.91 Å². The number of hydrogen-bond donors (Lipinski definition) is 0. The number of piperidine rings is 1. The minimum Gasteiger partial charge on any atom is -0.346 e. The van der Waals surface area contributed by atoms with Crippen LogP contribution in [0.5, 0.6) is 0 Å². The molecule has 2 aliphatic heterocycles. The van der Waals surface area contributed by atoms with E-state index in [1.165, 1.54) is 0 Å². The third kappa shape index (κ3) is 5.50. The number of aryl methyl sites for hydroxylation is 2. The van der Waals surface area contributed by atoms with E-state index in [9.17, 15) is 13.2 Å². The van der Waals surface area contributed by atoms with E-state index in [2.05, 4.69) is 15.3 Å². The van der Waals surface area contributed by atoms with Gasteiger partial charge in [-0.3, -0.25) is 4.79 Å². The quantitative estimate of drug-likeness (QED) is 0.640. The fourth-order valence-corrected chi connectivity index (χ4v) is 6.71. The highest BCUT2D eigenvalue weighted by Gasteiger charge is 2.26. The predicted octanol–water partition coefficient (Wildman–Crippen LogP) is 3.30. The summed E-state index contributed by atoms with van der Waals surface area (Å²) in [5, 5.41) is 3.10. The van der Waals surface area contributed by atoms with Crippen LogP contribution in [0.1, 0.15) is 43.4 Å². The Balaban J connectivity index is 1.29. The second kappa shape index (κ2) is 10.3. The lowest BCUT2D eigenvalue weighted by Crippen LogP contribution is -2.35. The lowest BCUT2D eigenvalue weighted by atomic mass is 10.1. The van der Waals surface area contributed by atoms with Crippen LogP contribution in [0.15, 0.2) is 34.5 Å². The lowest BCUT2D eigenvalue weighted by molar-refractivity contribution is -0.130. The number of carbonyl (C=O) groups excluding carboxylic acids is 1. The van der Waals surface area contributed by atoms with Gasteiger partial charge < -0.3 is 9.80 Å². The number of benzene rings is 1. The largest absolute Gasteiger partial charge is 0.346 e. The van der Waals surface area contributed by atoms with E-state index in [4.69, 9.17) is 0 Å². The molecule has 174 valence electrons. The molecule has 0 bridgehead atoms. The van der Waals surface area contributed by atoms with Crippen LogP contribution >= 0.6 is 11.3 Å². The Kier molecular flexibility index (Phi) is 7.48. The summed E-state index contributed by atoms with van der Waals surface area (Å²) in [7, 11) is -3.41. The van der Waals surface area contributed by atoms with E-state index >= 15 is 0 Å². The highest BCUT2D eigenvalue weighted by atomic mass is 32.2. The Morgan fingerprint density at radius 2 is 1.72 bits per heavy atom. The van der Waals surface area contributed by atoms with E-state index in [1.54, 1.807) is 27.8 Å². The van der Waals surface area contributed by atoms with E-state index in [0.29, 0.717) is 37.4 Å². The summed E-state index contributed by atoms with van der Waals surface area (Å²) in [5.74, 6) is 0.159. The topological polar surface area (TPSA) is 73.8 Å². The average Bonchev–Trinajstić information content (AvgIpc) is 3.09. The van der Waals surface area contributed by atoms with Gasteiger partial charge in [0.2, 0.25) is 15.9 Å². The van der Waals surface area contributed by atoms with Crippen LogP contribution in [0, 0.1) is 6.92 Å². The van der Waals surface area contributed by atoms with E-state index < -0.39 is 10.0 Å². The van der Waals surface area contributed by atoms with Gasteiger partial charge in [0, 0.05) is 51.1 Å². The molecule has 3 heterocycles. The van der Waals surface area contributed by atoms with Crippen molar-refractivity contribution >= 4 is 32.4 Å². The summed E-state index contributed by atoms with van der Waals surface area (Å²) < 4.78 is 27.2. The molecule has 0 saturated carbocycles. The van der Waals surface area contributed by atoms with Gasteiger partial charge >= 0.3 is 0 Å². The number of hydrogen-bond acceptors (Lipinski definition) is 6. The molecule has 0 N–H and O–H groups in total. The lowest BCUT2D eigenvalue weighted by Gasteiger charge is -2.25. The molecule has 1 amide bonds. The smallest absolute Gasteiger partial charge is 0.243 e. The molecule has 2 saturated heterocycles. The van der Waals surface area contributed by atoms with Crippen molar-refractivity contribution in [1.82, 2.24) is 14.2 Å². The summed E-state index contributed by atoms with van der Waals surface area (Å²) in [6, 6.07) is 7.06. The van der Waals surface area contributed by atoms with Crippen molar-refractivity contribution in [2.24, 2.45) is 0 Å². The standard InChI is InChI=1S/C23H32N4O3S2/c1-19-18-31-23(24-19)26-13-5-12-25(16-17-26)22(28)11-8-20-6-9-21(10-7-20)32(29,30)27-14-3-2-4-15-27/h6-7,9-10,18H,2-5,8,11-17H2,1H3. The molecule has 2 aromatic rings. The summed E-state index contributed by atoms with van der Waals surface area (Å²) in [6.07, 6.45) is 4.95. The Morgan fingerprint density at radius 3 is 2.41 bits per heavy atom. The van der Waals surface area contributed by atoms with Crippen molar-refractivity contribution in [1.29, 1.82) is 0 Å². The predicted molar refractivity (Wildman–Crippen MR) is 128 cm³/mol. The fourth-order valence-electron chi connectivity index (χ4n) is 4.34. The normalized spacial score (nSPS) is 18.5. The van der Waals surface area contributed by atoms with Gasteiger partial charge in [-0.25, -0.2) is 13.4 Å². The van der Waals surface area contributed by atoms with Crippen molar-refractivity contribution in [3.05, 3.63) is 40.9 Å². The molecule has 4 rings (SSSR count). The van der Waals surface area contributed by atoms with E-state index in [0.717, 1.165) is 61.7 Å². The van der Waals surface area contributed by atoms with Crippen molar-refractivity contribution < 1.29 is 13.2 Å². The molecule has 0 radical (unpaired) electrons. The summed E-state index contributed by atoms with van der Waals surface area (Å²) in [5.41, 5.74) is 2.03.